The molecule has 24 heavy (non-hydrogen) atoms. The lowest BCUT2D eigenvalue weighted by Gasteiger charge is -2.06. The van der Waals surface area contributed by atoms with E-state index >= 15 is 0 Å². The van der Waals surface area contributed by atoms with Crippen molar-refractivity contribution in [3.8, 4) is 0 Å². The van der Waals surface area contributed by atoms with E-state index < -0.39 is 11.8 Å². The number of hydrogen-bond donors (Lipinski definition) is 2. The zero-order chi connectivity index (χ0) is 17.5. The molecule has 2 aromatic carbocycles. The maximum absolute atomic E-state index is 11.8. The number of amides is 2. The van der Waals surface area contributed by atoms with Gasteiger partial charge in [0.1, 0.15) is 0 Å². The standard InChI is InChI=1S/C18H19N3O2S/c1-12-4-7-15(10-13(12)2)20-17(22)18(23)21-19-11-14-5-8-16(24-3)9-6-14/h4-11H,1-3H3,(H,20,22)(H,21,23)/b19-11-. The highest BCUT2D eigenvalue weighted by Crippen LogP contribution is 2.14. The molecule has 0 aliphatic heterocycles. The normalized spacial score (nSPS) is 10.6. The summed E-state index contributed by atoms with van der Waals surface area (Å²) in [6.45, 7) is 3.92. The molecule has 0 spiro atoms. The lowest BCUT2D eigenvalue weighted by atomic mass is 10.1. The van der Waals surface area contributed by atoms with Gasteiger partial charge in [-0.25, -0.2) is 5.43 Å². The summed E-state index contributed by atoms with van der Waals surface area (Å²) >= 11 is 1.65. The van der Waals surface area contributed by atoms with Crippen molar-refractivity contribution in [1.29, 1.82) is 0 Å². The summed E-state index contributed by atoms with van der Waals surface area (Å²) < 4.78 is 0. The van der Waals surface area contributed by atoms with E-state index in [4.69, 9.17) is 0 Å². The zero-order valence-electron chi connectivity index (χ0n) is 13.8. The van der Waals surface area contributed by atoms with Crippen LogP contribution < -0.4 is 10.7 Å². The lowest BCUT2D eigenvalue weighted by Crippen LogP contribution is -2.32. The van der Waals surface area contributed by atoms with E-state index in [-0.39, 0.29) is 0 Å². The minimum absolute atomic E-state index is 0.579. The van der Waals surface area contributed by atoms with Crippen molar-refractivity contribution >= 4 is 35.5 Å². The van der Waals surface area contributed by atoms with Gasteiger partial charge < -0.3 is 5.32 Å². The smallest absolute Gasteiger partial charge is 0.318 e. The van der Waals surface area contributed by atoms with Crippen LogP contribution in [0.1, 0.15) is 16.7 Å². The molecule has 0 aliphatic rings. The molecule has 2 aromatic rings. The van der Waals surface area contributed by atoms with Crippen LogP contribution in [0.5, 0.6) is 0 Å². The number of rotatable bonds is 4. The van der Waals surface area contributed by atoms with Crippen LogP contribution in [0.25, 0.3) is 0 Å². The van der Waals surface area contributed by atoms with Crippen molar-refractivity contribution in [2.24, 2.45) is 5.10 Å². The molecular weight excluding hydrogens is 322 g/mol. The van der Waals surface area contributed by atoms with Gasteiger partial charge in [-0.3, -0.25) is 9.59 Å². The highest BCUT2D eigenvalue weighted by molar-refractivity contribution is 7.98. The monoisotopic (exact) mass is 341 g/mol. The molecule has 6 heteroatoms. The average Bonchev–Trinajstić information content (AvgIpc) is 2.58. The summed E-state index contributed by atoms with van der Waals surface area (Å²) in [5.41, 5.74) is 5.79. The Morgan fingerprint density at radius 2 is 1.71 bits per heavy atom. The van der Waals surface area contributed by atoms with Crippen molar-refractivity contribution in [1.82, 2.24) is 5.43 Å². The van der Waals surface area contributed by atoms with Gasteiger partial charge >= 0.3 is 11.8 Å². The van der Waals surface area contributed by atoms with Crippen LogP contribution in [0.3, 0.4) is 0 Å². The van der Waals surface area contributed by atoms with Crippen molar-refractivity contribution in [3.05, 3.63) is 59.2 Å². The van der Waals surface area contributed by atoms with Gasteiger partial charge in [0.25, 0.3) is 0 Å². The quantitative estimate of drug-likeness (QED) is 0.388. The molecule has 2 N–H and O–H groups in total. The lowest BCUT2D eigenvalue weighted by molar-refractivity contribution is -0.136. The Kier molecular flexibility index (Phi) is 6.14. The molecular formula is C18H19N3O2S. The second-order valence-electron chi connectivity index (χ2n) is 5.23. The SMILES string of the molecule is CSc1ccc(/C=N\NC(=O)C(=O)Nc2ccc(C)c(C)c2)cc1. The highest BCUT2D eigenvalue weighted by atomic mass is 32.2. The zero-order valence-corrected chi connectivity index (χ0v) is 14.6. The van der Waals surface area contributed by atoms with Crippen LogP contribution >= 0.6 is 11.8 Å². The number of anilines is 1. The molecule has 0 unspecified atom stereocenters. The van der Waals surface area contributed by atoms with Crippen LogP contribution in [-0.2, 0) is 9.59 Å². The third-order valence-corrected chi connectivity index (χ3v) is 4.21. The van der Waals surface area contributed by atoms with Gasteiger partial charge in [-0.15, -0.1) is 11.8 Å². The molecule has 0 heterocycles. The van der Waals surface area contributed by atoms with E-state index in [1.807, 2.05) is 56.5 Å². The van der Waals surface area contributed by atoms with Crippen molar-refractivity contribution in [2.45, 2.75) is 18.7 Å². The van der Waals surface area contributed by atoms with Crippen molar-refractivity contribution < 1.29 is 9.59 Å². The van der Waals surface area contributed by atoms with E-state index in [1.54, 1.807) is 17.8 Å². The fraction of sp³-hybridized carbons (Fsp3) is 0.167. The van der Waals surface area contributed by atoms with Gasteiger partial charge in [0, 0.05) is 10.6 Å². The largest absolute Gasteiger partial charge is 0.329 e. The first-order valence-electron chi connectivity index (χ1n) is 7.35. The molecule has 0 aliphatic carbocycles. The second-order valence-corrected chi connectivity index (χ2v) is 6.11. The number of carbonyl (C=O) groups excluding carboxylic acids is 2. The first-order valence-corrected chi connectivity index (χ1v) is 8.58. The molecule has 2 rings (SSSR count). The number of aryl methyl sites for hydroxylation is 2. The third-order valence-electron chi connectivity index (χ3n) is 3.47. The minimum Gasteiger partial charge on any atom is -0.318 e. The van der Waals surface area contributed by atoms with Crippen LogP contribution in [0, 0.1) is 13.8 Å². The van der Waals surface area contributed by atoms with E-state index in [2.05, 4.69) is 15.8 Å². The Hall–Kier alpha value is -2.60. The molecule has 0 aromatic heterocycles. The van der Waals surface area contributed by atoms with Gasteiger partial charge in [0.05, 0.1) is 6.21 Å². The molecule has 0 saturated heterocycles. The van der Waals surface area contributed by atoms with E-state index in [9.17, 15) is 9.59 Å². The number of thioether (sulfide) groups is 1. The third kappa shape index (κ3) is 4.96. The van der Waals surface area contributed by atoms with Crippen molar-refractivity contribution in [3.63, 3.8) is 0 Å². The Morgan fingerprint density at radius 3 is 2.33 bits per heavy atom. The fourth-order valence-electron chi connectivity index (χ4n) is 1.91. The number of carbonyl (C=O) groups is 2. The summed E-state index contributed by atoms with van der Waals surface area (Å²) in [4.78, 5) is 24.7. The first-order chi connectivity index (χ1) is 11.5. The fourth-order valence-corrected chi connectivity index (χ4v) is 2.32. The molecule has 0 atom stereocenters. The summed E-state index contributed by atoms with van der Waals surface area (Å²) in [5, 5.41) is 6.35. The molecule has 124 valence electrons. The number of nitrogens with one attached hydrogen (secondary N) is 2. The maximum atomic E-state index is 11.8. The van der Waals surface area contributed by atoms with Gasteiger partial charge in [0.2, 0.25) is 0 Å². The van der Waals surface area contributed by atoms with E-state index in [0.717, 1.165) is 21.6 Å². The van der Waals surface area contributed by atoms with E-state index in [1.165, 1.54) is 6.21 Å². The Morgan fingerprint density at radius 1 is 1.00 bits per heavy atom. The number of nitrogens with zero attached hydrogens (tertiary/aromatic N) is 1. The number of benzene rings is 2. The molecule has 0 radical (unpaired) electrons. The van der Waals surface area contributed by atoms with Crippen LogP contribution in [-0.4, -0.2) is 24.3 Å². The minimum atomic E-state index is -0.815. The Bertz CT molecular complexity index is 770. The van der Waals surface area contributed by atoms with Crippen molar-refractivity contribution in [2.75, 3.05) is 11.6 Å². The molecule has 0 fully saturated rings. The van der Waals surface area contributed by atoms with Gasteiger partial charge in [0.15, 0.2) is 0 Å². The van der Waals surface area contributed by atoms with E-state index in [0.29, 0.717) is 5.69 Å². The molecule has 2 amide bonds. The predicted octanol–water partition coefficient (Wildman–Crippen LogP) is 3.11. The van der Waals surface area contributed by atoms with Crippen LogP contribution in [0.15, 0.2) is 52.5 Å². The van der Waals surface area contributed by atoms with Gasteiger partial charge in [-0.05, 0) is 61.1 Å². The summed E-state index contributed by atoms with van der Waals surface area (Å²) in [6, 6.07) is 13.1. The summed E-state index contributed by atoms with van der Waals surface area (Å²) in [6.07, 6.45) is 3.49. The molecule has 5 nitrogen and oxygen atoms in total. The number of hydrogen-bond acceptors (Lipinski definition) is 4. The highest BCUT2D eigenvalue weighted by Gasteiger charge is 2.12. The molecule has 0 saturated carbocycles. The van der Waals surface area contributed by atoms with Gasteiger partial charge in [-0.1, -0.05) is 18.2 Å². The second kappa shape index (κ2) is 8.31. The summed E-state index contributed by atoms with van der Waals surface area (Å²) in [7, 11) is 0. The topological polar surface area (TPSA) is 70.6 Å². The number of hydrazone groups is 1. The average molecular weight is 341 g/mol. The Balaban J connectivity index is 1.89. The first kappa shape index (κ1) is 17.7. The summed E-state index contributed by atoms with van der Waals surface area (Å²) in [5.74, 6) is -1.57. The predicted molar refractivity (Wildman–Crippen MR) is 98.5 cm³/mol. The maximum Gasteiger partial charge on any atom is 0.329 e. The van der Waals surface area contributed by atoms with Crippen LogP contribution in [0.2, 0.25) is 0 Å². The van der Waals surface area contributed by atoms with Gasteiger partial charge in [-0.2, -0.15) is 5.10 Å². The molecule has 0 bridgehead atoms. The van der Waals surface area contributed by atoms with Crippen LogP contribution in [0.4, 0.5) is 5.69 Å². The Labute approximate surface area is 145 Å².